The normalized spacial score (nSPS) is 16.4. The molecular weight excluding hydrogens is 387 g/mol. The van der Waals surface area contributed by atoms with Crippen LogP contribution < -0.4 is 10.2 Å². The molecule has 5 rings (SSSR count). The minimum absolute atomic E-state index is 0.111. The predicted molar refractivity (Wildman–Crippen MR) is 109 cm³/mol. The minimum Gasteiger partial charge on any atom is -0.338 e. The molecule has 30 heavy (non-hydrogen) atoms. The Morgan fingerprint density at radius 3 is 2.93 bits per heavy atom. The van der Waals surface area contributed by atoms with Crippen molar-refractivity contribution in [3.63, 3.8) is 0 Å². The van der Waals surface area contributed by atoms with E-state index in [1.165, 1.54) is 12.1 Å². The number of fused-ring (bicyclic) bond motifs is 1. The number of halogens is 1. The summed E-state index contributed by atoms with van der Waals surface area (Å²) in [6.07, 6.45) is 3.33. The van der Waals surface area contributed by atoms with Crippen molar-refractivity contribution in [2.24, 2.45) is 5.92 Å². The third-order valence-corrected chi connectivity index (χ3v) is 5.14. The second kappa shape index (κ2) is 7.11. The molecule has 4 aromatic rings. The van der Waals surface area contributed by atoms with E-state index in [0.717, 1.165) is 5.52 Å². The molecule has 3 N–H and O–H groups in total. The first-order chi connectivity index (χ1) is 14.6. The van der Waals surface area contributed by atoms with E-state index < -0.39 is 5.92 Å². The van der Waals surface area contributed by atoms with Gasteiger partial charge in [0.05, 0.1) is 28.8 Å². The number of aromatic nitrogens is 4. The number of carbonyl (C=O) groups excluding carboxylic acids is 2. The summed E-state index contributed by atoms with van der Waals surface area (Å²) in [6.45, 7) is 0.306. The van der Waals surface area contributed by atoms with E-state index in [1.807, 2.05) is 0 Å². The smallest absolute Gasteiger partial charge is 0.229 e. The molecule has 1 unspecified atom stereocenters. The average Bonchev–Trinajstić information content (AvgIpc) is 3.46. The third-order valence-electron chi connectivity index (χ3n) is 5.14. The first kappa shape index (κ1) is 18.0. The Morgan fingerprint density at radius 2 is 2.13 bits per heavy atom. The molecule has 1 saturated heterocycles. The van der Waals surface area contributed by atoms with Crippen molar-refractivity contribution in [2.45, 2.75) is 6.42 Å². The van der Waals surface area contributed by atoms with Crippen LogP contribution in [0.1, 0.15) is 6.42 Å². The molecule has 9 heteroatoms. The van der Waals surface area contributed by atoms with Crippen LogP contribution in [0.15, 0.2) is 54.9 Å². The molecule has 0 spiro atoms. The van der Waals surface area contributed by atoms with Gasteiger partial charge in [0.2, 0.25) is 11.8 Å². The number of anilines is 2. The van der Waals surface area contributed by atoms with Crippen LogP contribution in [0.5, 0.6) is 0 Å². The van der Waals surface area contributed by atoms with Crippen LogP contribution in [0, 0.1) is 11.7 Å². The van der Waals surface area contributed by atoms with Gasteiger partial charge in [0.15, 0.2) is 0 Å². The predicted octanol–water partition coefficient (Wildman–Crippen LogP) is 3.08. The Hall–Kier alpha value is -4.01. The van der Waals surface area contributed by atoms with Gasteiger partial charge < -0.3 is 15.2 Å². The van der Waals surface area contributed by atoms with Crippen molar-refractivity contribution in [2.75, 3.05) is 16.8 Å². The number of aromatic amines is 2. The zero-order chi connectivity index (χ0) is 20.7. The standard InChI is InChI=1S/C21H17FN6O2/c22-14-3-1-2-12(6-14)20-26-17-5-4-15(8-18(17)27-20)25-21(30)13-7-19(29)28(11-13)16-9-23-24-10-16/h1-6,8-10,13H,7,11H2,(H,23,24)(H,25,30)(H,26,27). The molecule has 1 fully saturated rings. The SMILES string of the molecule is O=C(Nc1ccc2nc(-c3cccc(F)c3)[nH]c2c1)C1CC(=O)N(c2cn[nH]c2)C1. The van der Waals surface area contributed by atoms with Crippen LogP contribution in [0.25, 0.3) is 22.4 Å². The van der Waals surface area contributed by atoms with Gasteiger partial charge in [0.25, 0.3) is 0 Å². The molecule has 8 nitrogen and oxygen atoms in total. The first-order valence-electron chi connectivity index (χ1n) is 9.42. The molecule has 2 aromatic heterocycles. The highest BCUT2D eigenvalue weighted by Gasteiger charge is 2.35. The van der Waals surface area contributed by atoms with Gasteiger partial charge in [-0.1, -0.05) is 12.1 Å². The molecule has 0 aliphatic carbocycles. The Morgan fingerprint density at radius 1 is 1.23 bits per heavy atom. The van der Waals surface area contributed by atoms with Gasteiger partial charge in [-0.2, -0.15) is 5.10 Å². The van der Waals surface area contributed by atoms with Crippen LogP contribution >= 0.6 is 0 Å². The van der Waals surface area contributed by atoms with Gasteiger partial charge in [0, 0.05) is 30.4 Å². The highest BCUT2D eigenvalue weighted by molar-refractivity contribution is 6.03. The van der Waals surface area contributed by atoms with E-state index in [0.29, 0.717) is 34.8 Å². The van der Waals surface area contributed by atoms with Gasteiger partial charge in [-0.25, -0.2) is 9.37 Å². The maximum Gasteiger partial charge on any atom is 0.229 e. The molecule has 0 saturated carbocycles. The molecule has 1 aliphatic heterocycles. The molecule has 0 radical (unpaired) electrons. The first-order valence-corrected chi connectivity index (χ1v) is 9.42. The lowest BCUT2D eigenvalue weighted by molar-refractivity contribution is -0.122. The van der Waals surface area contributed by atoms with E-state index in [1.54, 1.807) is 47.6 Å². The van der Waals surface area contributed by atoms with Crippen molar-refractivity contribution < 1.29 is 14.0 Å². The highest BCUT2D eigenvalue weighted by Crippen LogP contribution is 2.27. The van der Waals surface area contributed by atoms with Gasteiger partial charge in [-0.05, 0) is 30.3 Å². The fraction of sp³-hybridized carbons (Fsp3) is 0.143. The van der Waals surface area contributed by atoms with Crippen molar-refractivity contribution in [3.05, 3.63) is 60.7 Å². The lowest BCUT2D eigenvalue weighted by atomic mass is 10.1. The fourth-order valence-corrected chi connectivity index (χ4v) is 3.63. The van der Waals surface area contributed by atoms with Crippen LogP contribution in [-0.4, -0.2) is 38.5 Å². The highest BCUT2D eigenvalue weighted by atomic mass is 19.1. The summed E-state index contributed by atoms with van der Waals surface area (Å²) in [5.41, 5.74) is 3.31. The number of nitrogens with zero attached hydrogens (tertiary/aromatic N) is 3. The van der Waals surface area contributed by atoms with E-state index in [-0.39, 0.29) is 24.1 Å². The quantitative estimate of drug-likeness (QED) is 0.486. The molecule has 2 amide bonds. The maximum atomic E-state index is 13.5. The van der Waals surface area contributed by atoms with Crippen molar-refractivity contribution in [1.82, 2.24) is 20.2 Å². The van der Waals surface area contributed by atoms with E-state index >= 15 is 0 Å². The molecule has 1 atom stereocenters. The zero-order valence-corrected chi connectivity index (χ0v) is 15.7. The Bertz CT molecular complexity index is 1250. The van der Waals surface area contributed by atoms with Gasteiger partial charge in [-0.3, -0.25) is 14.7 Å². The summed E-state index contributed by atoms with van der Waals surface area (Å²) in [7, 11) is 0. The molecule has 150 valence electrons. The van der Waals surface area contributed by atoms with Gasteiger partial charge >= 0.3 is 0 Å². The molecule has 2 aromatic carbocycles. The second-order valence-electron chi connectivity index (χ2n) is 7.18. The lowest BCUT2D eigenvalue weighted by Gasteiger charge is -2.14. The molecule has 1 aliphatic rings. The van der Waals surface area contributed by atoms with Crippen LogP contribution in [-0.2, 0) is 9.59 Å². The Kier molecular flexibility index (Phi) is 4.27. The van der Waals surface area contributed by atoms with Crippen molar-refractivity contribution in [3.8, 4) is 11.4 Å². The number of rotatable bonds is 4. The van der Waals surface area contributed by atoms with Gasteiger partial charge in [-0.15, -0.1) is 0 Å². The summed E-state index contributed by atoms with van der Waals surface area (Å²) in [5, 5.41) is 9.39. The van der Waals surface area contributed by atoms with Crippen LogP contribution in [0.3, 0.4) is 0 Å². The maximum absolute atomic E-state index is 13.5. The van der Waals surface area contributed by atoms with E-state index in [4.69, 9.17) is 0 Å². The zero-order valence-electron chi connectivity index (χ0n) is 15.7. The number of H-pyrrole nitrogens is 2. The number of carbonyl (C=O) groups is 2. The minimum atomic E-state index is -0.451. The number of amides is 2. The van der Waals surface area contributed by atoms with Crippen LogP contribution in [0.2, 0.25) is 0 Å². The van der Waals surface area contributed by atoms with E-state index in [2.05, 4.69) is 25.5 Å². The molecular formula is C21H17FN6O2. The lowest BCUT2D eigenvalue weighted by Crippen LogP contribution is -2.27. The second-order valence-corrected chi connectivity index (χ2v) is 7.18. The Labute approximate surface area is 170 Å². The summed E-state index contributed by atoms with van der Waals surface area (Å²) in [5.74, 6) is -0.576. The number of imidazole rings is 1. The van der Waals surface area contributed by atoms with Gasteiger partial charge in [0.1, 0.15) is 11.6 Å². The van der Waals surface area contributed by atoms with Crippen LogP contribution in [0.4, 0.5) is 15.8 Å². The fourth-order valence-electron chi connectivity index (χ4n) is 3.63. The number of benzene rings is 2. The third kappa shape index (κ3) is 3.30. The monoisotopic (exact) mass is 404 g/mol. The summed E-state index contributed by atoms with van der Waals surface area (Å²) in [4.78, 5) is 34.1. The summed E-state index contributed by atoms with van der Waals surface area (Å²) in [6, 6.07) is 11.5. The topological polar surface area (TPSA) is 107 Å². The number of hydrogen-bond acceptors (Lipinski definition) is 4. The number of nitrogens with one attached hydrogen (secondary N) is 3. The van der Waals surface area contributed by atoms with E-state index in [9.17, 15) is 14.0 Å². The summed E-state index contributed by atoms with van der Waals surface area (Å²) < 4.78 is 13.5. The summed E-state index contributed by atoms with van der Waals surface area (Å²) >= 11 is 0. The largest absolute Gasteiger partial charge is 0.338 e. The number of hydrogen-bond donors (Lipinski definition) is 3. The van der Waals surface area contributed by atoms with Crippen molar-refractivity contribution >= 4 is 34.2 Å². The van der Waals surface area contributed by atoms with Crippen molar-refractivity contribution in [1.29, 1.82) is 0 Å². The average molecular weight is 404 g/mol. The molecule has 0 bridgehead atoms. The Balaban J connectivity index is 1.33. The molecule has 3 heterocycles.